The van der Waals surface area contributed by atoms with Crippen molar-refractivity contribution in [1.82, 2.24) is 0 Å². The van der Waals surface area contributed by atoms with Crippen molar-refractivity contribution in [2.75, 3.05) is 0 Å². The summed E-state index contributed by atoms with van der Waals surface area (Å²) in [6.45, 7) is 12.9. The standard InChI is InChI=1S/C7H9.C3H7.W.Y/c1-4-6-7(3)5-2;1-3-2;;/h1-2,4H2,3H3;3H,1-2H3;;/q-3;-1;;. The van der Waals surface area contributed by atoms with Crippen molar-refractivity contribution >= 4 is 0 Å². The monoisotopic (exact) mass is 409 g/mol. The average Bonchev–Trinajstić information content (AvgIpc) is 1.90. The van der Waals surface area contributed by atoms with Crippen LogP contribution in [0.25, 0.3) is 0 Å². The fraction of sp³-hybridized carbons (Fsp3) is 0.400. The molecule has 0 saturated heterocycles. The summed E-state index contributed by atoms with van der Waals surface area (Å²) in [6, 6.07) is 0. The summed E-state index contributed by atoms with van der Waals surface area (Å²) >= 11 is 0. The third-order valence-corrected chi connectivity index (χ3v) is 0.655. The Hall–Kier alpha value is 1.27. The molecule has 0 unspecified atom stereocenters. The van der Waals surface area contributed by atoms with Crippen LogP contribution in [0.4, 0.5) is 0 Å². The largest absolute Gasteiger partial charge is 0.560 e. The van der Waals surface area contributed by atoms with Gasteiger partial charge in [0.1, 0.15) is 0 Å². The van der Waals surface area contributed by atoms with Crippen LogP contribution in [0.1, 0.15) is 27.2 Å². The third-order valence-electron chi connectivity index (χ3n) is 0.655. The van der Waals surface area contributed by atoms with Gasteiger partial charge in [-0.05, 0) is 0 Å². The Morgan fingerprint density at radius 3 is 1.92 bits per heavy atom. The Morgan fingerprint density at radius 1 is 1.50 bits per heavy atom. The number of rotatable bonds is 2. The molecule has 2 heteroatoms. The van der Waals surface area contributed by atoms with Gasteiger partial charge in [0.2, 0.25) is 0 Å². The van der Waals surface area contributed by atoms with E-state index in [1.54, 1.807) is 0 Å². The first-order chi connectivity index (χ1) is 4.72. The van der Waals surface area contributed by atoms with Gasteiger partial charge in [0.15, 0.2) is 0 Å². The smallest absolute Gasteiger partial charge is 0 e. The van der Waals surface area contributed by atoms with Crippen molar-refractivity contribution in [3.05, 3.63) is 37.6 Å². The Kier molecular flexibility index (Phi) is 44.2. The van der Waals surface area contributed by atoms with Crippen LogP contribution < -0.4 is 0 Å². The van der Waals surface area contributed by atoms with Crippen LogP contribution in [-0.4, -0.2) is 0 Å². The van der Waals surface area contributed by atoms with Crippen LogP contribution in [0, 0.1) is 25.5 Å². The topological polar surface area (TPSA) is 0 Å². The average molecular weight is 409 g/mol. The van der Waals surface area contributed by atoms with E-state index >= 15 is 0 Å². The predicted octanol–water partition coefficient (Wildman–Crippen LogP) is 3.17. The van der Waals surface area contributed by atoms with Crippen LogP contribution in [0.2, 0.25) is 0 Å². The maximum atomic E-state index is 3.57. The van der Waals surface area contributed by atoms with E-state index in [1.165, 1.54) is 0 Å². The molecular formula is C10H16WY-4. The van der Waals surface area contributed by atoms with Gasteiger partial charge in [-0.15, -0.1) is 6.92 Å². The normalized spacial score (nSPS) is 8.17. The van der Waals surface area contributed by atoms with E-state index in [-0.39, 0.29) is 53.8 Å². The maximum absolute atomic E-state index is 3.57. The number of allylic oxidation sites excluding steroid dienone is 3. The fourth-order valence-electron chi connectivity index (χ4n) is 0.250. The van der Waals surface area contributed by atoms with E-state index in [1.807, 2.05) is 27.2 Å². The zero-order chi connectivity index (χ0) is 8.41. The van der Waals surface area contributed by atoms with Crippen molar-refractivity contribution in [2.45, 2.75) is 27.2 Å². The molecule has 0 aromatic carbocycles. The van der Waals surface area contributed by atoms with E-state index in [9.17, 15) is 0 Å². The maximum Gasteiger partial charge on any atom is 0 e. The minimum atomic E-state index is 0. The van der Waals surface area contributed by atoms with Crippen LogP contribution >= 0.6 is 0 Å². The van der Waals surface area contributed by atoms with Gasteiger partial charge >= 0.3 is 0 Å². The Balaban J connectivity index is -0.0000000569. The Labute approximate surface area is 117 Å². The summed E-state index contributed by atoms with van der Waals surface area (Å²) < 4.78 is 0. The zero-order valence-electron chi connectivity index (χ0n) is 8.18. The first-order valence-electron chi connectivity index (χ1n) is 3.36. The summed E-state index contributed by atoms with van der Waals surface area (Å²) in [6.07, 6.45) is 8.31. The van der Waals surface area contributed by atoms with E-state index in [2.05, 4.69) is 25.7 Å². The molecule has 0 nitrogen and oxygen atoms in total. The van der Waals surface area contributed by atoms with E-state index < -0.39 is 0 Å². The molecule has 0 aromatic rings. The van der Waals surface area contributed by atoms with Gasteiger partial charge in [-0.25, -0.2) is 0 Å². The molecule has 0 aliphatic rings. The molecule has 0 spiro atoms. The Bertz CT molecular complexity index is 98.0. The third kappa shape index (κ3) is 30.2. The first-order valence-corrected chi connectivity index (χ1v) is 3.36. The Morgan fingerprint density at radius 2 is 1.83 bits per heavy atom. The second kappa shape index (κ2) is 22.8. The van der Waals surface area contributed by atoms with E-state index in [0.29, 0.717) is 6.42 Å². The molecule has 0 heterocycles. The van der Waals surface area contributed by atoms with Gasteiger partial charge in [0.05, 0.1) is 0 Å². The predicted molar refractivity (Wildman–Crippen MR) is 46.9 cm³/mol. The van der Waals surface area contributed by atoms with Gasteiger partial charge in [0.25, 0.3) is 0 Å². The van der Waals surface area contributed by atoms with Gasteiger partial charge in [-0.3, -0.25) is 6.58 Å². The summed E-state index contributed by atoms with van der Waals surface area (Å²) in [7, 11) is 0. The molecule has 0 N–H and O–H groups in total. The summed E-state index contributed by atoms with van der Waals surface area (Å²) in [4.78, 5) is 0. The molecule has 1 radical (unpaired) electrons. The second-order valence-corrected chi connectivity index (χ2v) is 1.81. The summed E-state index contributed by atoms with van der Waals surface area (Å²) in [5, 5.41) is 0. The molecule has 0 fully saturated rings. The molecule has 69 valence electrons. The quantitative estimate of drug-likeness (QED) is 0.486. The van der Waals surface area contributed by atoms with Crippen molar-refractivity contribution in [3.63, 3.8) is 0 Å². The molecule has 0 rings (SSSR count). The molecule has 0 saturated carbocycles. The van der Waals surface area contributed by atoms with Gasteiger partial charge < -0.3 is 37.5 Å². The molecule has 0 bridgehead atoms. The molecule has 12 heavy (non-hydrogen) atoms. The second-order valence-electron chi connectivity index (χ2n) is 1.81. The number of hydrogen-bond acceptors (Lipinski definition) is 0. The zero-order valence-corrected chi connectivity index (χ0v) is 14.0. The van der Waals surface area contributed by atoms with Crippen molar-refractivity contribution in [1.29, 1.82) is 0 Å². The molecule has 0 aliphatic heterocycles. The van der Waals surface area contributed by atoms with Gasteiger partial charge in [-0.2, -0.15) is 13.8 Å². The van der Waals surface area contributed by atoms with Crippen molar-refractivity contribution in [2.24, 2.45) is 0 Å². The van der Waals surface area contributed by atoms with Gasteiger partial charge in [0, 0.05) is 53.8 Å². The fourth-order valence-corrected chi connectivity index (χ4v) is 0.250. The molecule has 0 aromatic heterocycles. The molecule has 0 aliphatic carbocycles. The van der Waals surface area contributed by atoms with Crippen LogP contribution in [0.15, 0.2) is 12.2 Å². The first kappa shape index (κ1) is 23.2. The van der Waals surface area contributed by atoms with Crippen molar-refractivity contribution in [3.8, 4) is 0 Å². The van der Waals surface area contributed by atoms with Crippen LogP contribution in [-0.2, 0) is 53.8 Å². The minimum Gasteiger partial charge on any atom is -0.560 e. The molecular weight excluding hydrogens is 393 g/mol. The summed E-state index contributed by atoms with van der Waals surface area (Å²) in [5.74, 6) is 0. The molecule has 0 amide bonds. The van der Waals surface area contributed by atoms with Gasteiger partial charge in [-0.1, -0.05) is 0 Å². The van der Waals surface area contributed by atoms with Crippen LogP contribution in [0.3, 0.4) is 0 Å². The number of hydrogen-bond donors (Lipinski definition) is 0. The molecule has 0 atom stereocenters. The summed E-state index contributed by atoms with van der Waals surface area (Å²) in [5.41, 5.74) is 0.954. The van der Waals surface area contributed by atoms with E-state index in [4.69, 9.17) is 0 Å². The SMILES string of the molecule is C=[C-]C(C)=[C-]C[CH2-].C[CH-]C.[W].[Y]. The minimum absolute atomic E-state index is 0. The van der Waals surface area contributed by atoms with E-state index in [0.717, 1.165) is 5.57 Å². The van der Waals surface area contributed by atoms with Crippen LogP contribution in [0.5, 0.6) is 0 Å². The van der Waals surface area contributed by atoms with Crippen molar-refractivity contribution < 1.29 is 53.8 Å².